The first kappa shape index (κ1) is 20.3. The number of anilines is 2. The van der Waals surface area contributed by atoms with Gasteiger partial charge in [-0.2, -0.15) is 0 Å². The van der Waals surface area contributed by atoms with Crippen LogP contribution in [-0.4, -0.2) is 26.4 Å². The summed E-state index contributed by atoms with van der Waals surface area (Å²) in [5.41, 5.74) is 1.73. The fourth-order valence-electron chi connectivity index (χ4n) is 2.75. The molecule has 2 aromatic heterocycles. The first-order chi connectivity index (χ1) is 14.4. The van der Waals surface area contributed by atoms with E-state index in [1.165, 1.54) is 47.0 Å². The second-order valence-corrected chi connectivity index (χ2v) is 10.1. The molecule has 152 valence electrons. The van der Waals surface area contributed by atoms with Gasteiger partial charge in [-0.3, -0.25) is 14.4 Å². The molecule has 0 aliphatic rings. The molecule has 0 saturated heterocycles. The first-order valence-corrected chi connectivity index (χ1v) is 12.1. The molecule has 0 unspecified atom stereocenters. The molecule has 2 heterocycles. The molecule has 0 spiro atoms. The number of hydrogen-bond acceptors (Lipinski definition) is 6. The second kappa shape index (κ2) is 8.39. The van der Waals surface area contributed by atoms with Crippen molar-refractivity contribution in [3.63, 3.8) is 0 Å². The first-order valence-electron chi connectivity index (χ1n) is 8.90. The standard InChI is InChI=1S/C21H17N3O3S3/c1-24(16-6-3-2-4-7-16)30(26,27)17-11-9-15(10-12-17)20(25)23-21-22-18(14-29-21)19-8-5-13-28-19/h2-14H,1H3,(H,22,23,25). The van der Waals surface area contributed by atoms with Crippen molar-refractivity contribution in [2.75, 3.05) is 16.7 Å². The lowest BCUT2D eigenvalue weighted by molar-refractivity contribution is 0.102. The number of sulfonamides is 1. The van der Waals surface area contributed by atoms with Gasteiger partial charge < -0.3 is 0 Å². The monoisotopic (exact) mass is 455 g/mol. The minimum atomic E-state index is -3.72. The van der Waals surface area contributed by atoms with Crippen LogP contribution in [0.15, 0.2) is 82.4 Å². The Morgan fingerprint density at radius 2 is 1.70 bits per heavy atom. The van der Waals surface area contributed by atoms with E-state index in [9.17, 15) is 13.2 Å². The summed E-state index contributed by atoms with van der Waals surface area (Å²) in [6.07, 6.45) is 0. The van der Waals surface area contributed by atoms with E-state index in [4.69, 9.17) is 0 Å². The van der Waals surface area contributed by atoms with Crippen LogP contribution in [0.3, 0.4) is 0 Å². The predicted octanol–water partition coefficient (Wildman–Crippen LogP) is 4.95. The van der Waals surface area contributed by atoms with Crippen LogP contribution in [0, 0.1) is 0 Å². The summed E-state index contributed by atoms with van der Waals surface area (Å²) in [5, 5.41) is 7.11. The molecule has 0 saturated carbocycles. The van der Waals surface area contributed by atoms with Gasteiger partial charge in [0.25, 0.3) is 15.9 Å². The Balaban J connectivity index is 1.48. The van der Waals surface area contributed by atoms with Crippen molar-refractivity contribution in [3.8, 4) is 10.6 Å². The van der Waals surface area contributed by atoms with Gasteiger partial charge >= 0.3 is 0 Å². The minimum absolute atomic E-state index is 0.111. The summed E-state index contributed by atoms with van der Waals surface area (Å²) in [6, 6.07) is 18.6. The van der Waals surface area contributed by atoms with E-state index in [2.05, 4.69) is 10.3 Å². The number of thiazole rings is 1. The third kappa shape index (κ3) is 4.13. The van der Waals surface area contributed by atoms with Crippen molar-refractivity contribution >= 4 is 49.4 Å². The van der Waals surface area contributed by atoms with E-state index in [0.29, 0.717) is 16.4 Å². The van der Waals surface area contributed by atoms with E-state index in [0.717, 1.165) is 10.6 Å². The predicted molar refractivity (Wildman–Crippen MR) is 122 cm³/mol. The summed E-state index contributed by atoms with van der Waals surface area (Å²) < 4.78 is 26.9. The molecule has 1 amide bonds. The van der Waals surface area contributed by atoms with Gasteiger partial charge in [-0.05, 0) is 47.8 Å². The Bertz CT molecular complexity index is 1250. The van der Waals surface area contributed by atoms with Crippen molar-refractivity contribution in [1.29, 1.82) is 0 Å². The highest BCUT2D eigenvalue weighted by atomic mass is 32.2. The maximum Gasteiger partial charge on any atom is 0.264 e. The topological polar surface area (TPSA) is 79.4 Å². The third-order valence-corrected chi connectivity index (χ3v) is 7.84. The van der Waals surface area contributed by atoms with Crippen LogP contribution in [0.5, 0.6) is 0 Å². The van der Waals surface area contributed by atoms with Gasteiger partial charge in [-0.15, -0.1) is 22.7 Å². The molecular weight excluding hydrogens is 438 g/mol. The summed E-state index contributed by atoms with van der Waals surface area (Å²) in [7, 11) is -2.22. The summed E-state index contributed by atoms with van der Waals surface area (Å²) in [4.78, 5) is 18.1. The van der Waals surface area contributed by atoms with Crippen LogP contribution in [0.4, 0.5) is 10.8 Å². The Morgan fingerprint density at radius 3 is 2.37 bits per heavy atom. The van der Waals surface area contributed by atoms with Gasteiger partial charge in [0.15, 0.2) is 5.13 Å². The number of amides is 1. The molecule has 0 aliphatic carbocycles. The number of carbonyl (C=O) groups is 1. The average molecular weight is 456 g/mol. The zero-order chi connectivity index (χ0) is 21.1. The SMILES string of the molecule is CN(c1ccccc1)S(=O)(=O)c1ccc(C(=O)Nc2nc(-c3cccs3)cs2)cc1. The number of thiophene rings is 1. The zero-order valence-electron chi connectivity index (χ0n) is 15.8. The molecule has 2 aromatic carbocycles. The number of aromatic nitrogens is 1. The normalized spacial score (nSPS) is 11.2. The molecule has 0 aliphatic heterocycles. The molecule has 6 nitrogen and oxygen atoms in total. The van der Waals surface area contributed by atoms with Crippen molar-refractivity contribution in [3.05, 3.63) is 83.1 Å². The number of hydrogen-bond donors (Lipinski definition) is 1. The second-order valence-electron chi connectivity index (χ2n) is 6.30. The van der Waals surface area contributed by atoms with Gasteiger partial charge in [0, 0.05) is 18.0 Å². The highest BCUT2D eigenvalue weighted by molar-refractivity contribution is 7.92. The third-order valence-electron chi connectivity index (χ3n) is 4.39. The number of benzene rings is 2. The Morgan fingerprint density at radius 1 is 0.967 bits per heavy atom. The maximum absolute atomic E-state index is 12.8. The molecule has 4 rings (SSSR count). The molecule has 0 atom stereocenters. The van der Waals surface area contributed by atoms with Crippen molar-refractivity contribution in [2.45, 2.75) is 4.90 Å². The summed E-state index contributed by atoms with van der Waals surface area (Å²) in [5.74, 6) is -0.345. The van der Waals surface area contributed by atoms with E-state index in [1.54, 1.807) is 35.6 Å². The van der Waals surface area contributed by atoms with E-state index in [1.807, 2.05) is 29.0 Å². The van der Waals surface area contributed by atoms with Gasteiger partial charge in [-0.1, -0.05) is 24.3 Å². The number of nitrogens with one attached hydrogen (secondary N) is 1. The van der Waals surface area contributed by atoms with E-state index >= 15 is 0 Å². The van der Waals surface area contributed by atoms with Crippen molar-refractivity contribution in [1.82, 2.24) is 4.98 Å². The molecular formula is C21H17N3O3S3. The van der Waals surface area contributed by atoms with Crippen molar-refractivity contribution < 1.29 is 13.2 Å². The quantitative estimate of drug-likeness (QED) is 0.446. The highest BCUT2D eigenvalue weighted by Gasteiger charge is 2.21. The lowest BCUT2D eigenvalue weighted by Gasteiger charge is -2.19. The summed E-state index contributed by atoms with van der Waals surface area (Å²) in [6.45, 7) is 0. The number of nitrogens with zero attached hydrogens (tertiary/aromatic N) is 2. The Labute approximate surface area is 182 Å². The van der Waals surface area contributed by atoms with Gasteiger partial charge in [0.1, 0.15) is 0 Å². The highest BCUT2D eigenvalue weighted by Crippen LogP contribution is 2.28. The smallest absolute Gasteiger partial charge is 0.264 e. The molecule has 1 N–H and O–H groups in total. The fraction of sp³-hybridized carbons (Fsp3) is 0.0476. The van der Waals surface area contributed by atoms with Crippen LogP contribution in [-0.2, 0) is 10.0 Å². The van der Waals surface area contributed by atoms with E-state index in [-0.39, 0.29) is 10.8 Å². The largest absolute Gasteiger partial charge is 0.298 e. The number of carbonyl (C=O) groups excluding carboxylic acids is 1. The fourth-order valence-corrected chi connectivity index (χ4v) is 5.41. The number of rotatable bonds is 6. The van der Waals surface area contributed by atoms with Crippen LogP contribution < -0.4 is 9.62 Å². The average Bonchev–Trinajstić information content (AvgIpc) is 3.46. The van der Waals surface area contributed by atoms with Gasteiger partial charge in [0.05, 0.1) is 21.2 Å². The molecule has 0 fully saturated rings. The molecule has 9 heteroatoms. The van der Waals surface area contributed by atoms with Crippen molar-refractivity contribution in [2.24, 2.45) is 0 Å². The van der Waals surface area contributed by atoms with Crippen LogP contribution in [0.25, 0.3) is 10.6 Å². The molecule has 4 aromatic rings. The van der Waals surface area contributed by atoms with E-state index < -0.39 is 10.0 Å². The Hall–Kier alpha value is -3.01. The lowest BCUT2D eigenvalue weighted by atomic mass is 10.2. The summed E-state index contributed by atoms with van der Waals surface area (Å²) >= 11 is 2.92. The lowest BCUT2D eigenvalue weighted by Crippen LogP contribution is -2.26. The zero-order valence-corrected chi connectivity index (χ0v) is 18.3. The maximum atomic E-state index is 12.8. The minimum Gasteiger partial charge on any atom is -0.298 e. The van der Waals surface area contributed by atoms with Crippen LogP contribution >= 0.6 is 22.7 Å². The molecule has 0 bridgehead atoms. The molecule has 0 radical (unpaired) electrons. The van der Waals surface area contributed by atoms with Crippen LogP contribution in [0.2, 0.25) is 0 Å². The van der Waals surface area contributed by atoms with Crippen LogP contribution in [0.1, 0.15) is 10.4 Å². The van der Waals surface area contributed by atoms with Gasteiger partial charge in [-0.25, -0.2) is 13.4 Å². The molecule has 30 heavy (non-hydrogen) atoms. The van der Waals surface area contributed by atoms with Gasteiger partial charge in [0.2, 0.25) is 0 Å². The Kier molecular flexibility index (Phi) is 5.67. The number of para-hydroxylation sites is 1.